The van der Waals surface area contributed by atoms with Crippen molar-refractivity contribution in [1.29, 1.82) is 0 Å². The molecular weight excluding hydrogens is 312 g/mol. The van der Waals surface area contributed by atoms with Crippen molar-refractivity contribution in [2.24, 2.45) is 5.92 Å². The monoisotopic (exact) mass is 333 g/mol. The SMILES string of the molecule is Cc1[nH]c(C2CC(=O)N(CC(C)C)C2)nc1-c1ccc(F)c(F)c1. The van der Waals surface area contributed by atoms with Crippen LogP contribution < -0.4 is 0 Å². The quantitative estimate of drug-likeness (QED) is 0.929. The Hall–Kier alpha value is -2.24. The fourth-order valence-electron chi connectivity index (χ4n) is 3.17. The summed E-state index contributed by atoms with van der Waals surface area (Å²) >= 11 is 0. The predicted molar refractivity (Wildman–Crippen MR) is 87.5 cm³/mol. The minimum atomic E-state index is -0.893. The molecule has 6 heteroatoms. The lowest BCUT2D eigenvalue weighted by atomic mass is 10.1. The van der Waals surface area contributed by atoms with Crippen LogP contribution in [0.2, 0.25) is 0 Å². The van der Waals surface area contributed by atoms with Crippen molar-refractivity contribution in [3.63, 3.8) is 0 Å². The van der Waals surface area contributed by atoms with Gasteiger partial charge in [-0.2, -0.15) is 0 Å². The number of amides is 1. The smallest absolute Gasteiger partial charge is 0.223 e. The molecule has 1 aliphatic rings. The number of carbonyl (C=O) groups is 1. The highest BCUT2D eigenvalue weighted by atomic mass is 19.2. The standard InChI is InChI=1S/C18H21F2N3O/c1-10(2)8-23-9-13(7-16(23)24)18-21-11(3)17(22-18)12-4-5-14(19)15(20)6-12/h4-6,10,13H,7-9H2,1-3H3,(H,21,22). The number of H-pyrrole nitrogens is 1. The van der Waals surface area contributed by atoms with E-state index in [-0.39, 0.29) is 11.8 Å². The Morgan fingerprint density at radius 3 is 2.75 bits per heavy atom. The number of nitrogens with one attached hydrogen (secondary N) is 1. The maximum absolute atomic E-state index is 13.5. The summed E-state index contributed by atoms with van der Waals surface area (Å²) in [6, 6.07) is 3.76. The molecule has 2 aromatic rings. The van der Waals surface area contributed by atoms with E-state index in [4.69, 9.17) is 0 Å². The molecule has 1 saturated heterocycles. The Morgan fingerprint density at radius 2 is 2.08 bits per heavy atom. The maximum atomic E-state index is 13.5. The van der Waals surface area contributed by atoms with Crippen molar-refractivity contribution in [2.75, 3.05) is 13.1 Å². The van der Waals surface area contributed by atoms with Crippen LogP contribution in [-0.2, 0) is 4.79 Å². The van der Waals surface area contributed by atoms with E-state index >= 15 is 0 Å². The maximum Gasteiger partial charge on any atom is 0.223 e. The zero-order valence-electron chi connectivity index (χ0n) is 14.1. The van der Waals surface area contributed by atoms with Crippen molar-refractivity contribution in [1.82, 2.24) is 14.9 Å². The number of imidazole rings is 1. The van der Waals surface area contributed by atoms with Gasteiger partial charge in [-0.1, -0.05) is 13.8 Å². The molecule has 0 bridgehead atoms. The van der Waals surface area contributed by atoms with E-state index in [1.165, 1.54) is 6.07 Å². The number of benzene rings is 1. The van der Waals surface area contributed by atoms with Gasteiger partial charge in [-0.25, -0.2) is 13.8 Å². The molecule has 128 valence electrons. The molecule has 1 aromatic heterocycles. The average molecular weight is 333 g/mol. The molecule has 1 atom stereocenters. The molecule has 0 spiro atoms. The largest absolute Gasteiger partial charge is 0.345 e. The number of likely N-dealkylation sites (tertiary alicyclic amines) is 1. The van der Waals surface area contributed by atoms with Crippen molar-refractivity contribution in [3.8, 4) is 11.3 Å². The van der Waals surface area contributed by atoms with Crippen LogP contribution in [0.4, 0.5) is 8.78 Å². The second-order valence-electron chi connectivity index (χ2n) is 6.82. The third-order valence-corrected chi connectivity index (χ3v) is 4.28. The topological polar surface area (TPSA) is 49.0 Å². The van der Waals surface area contributed by atoms with E-state index in [9.17, 15) is 13.6 Å². The third-order valence-electron chi connectivity index (χ3n) is 4.28. The summed E-state index contributed by atoms with van der Waals surface area (Å²) in [6.45, 7) is 7.39. The summed E-state index contributed by atoms with van der Waals surface area (Å²) in [7, 11) is 0. The van der Waals surface area contributed by atoms with Crippen LogP contribution in [0.1, 0.15) is 37.7 Å². The lowest BCUT2D eigenvalue weighted by molar-refractivity contribution is -0.128. The van der Waals surface area contributed by atoms with Gasteiger partial charge in [0.15, 0.2) is 11.6 Å². The van der Waals surface area contributed by atoms with Gasteiger partial charge < -0.3 is 9.88 Å². The molecule has 1 amide bonds. The van der Waals surface area contributed by atoms with Crippen LogP contribution >= 0.6 is 0 Å². The first-order valence-electron chi connectivity index (χ1n) is 8.15. The first-order valence-corrected chi connectivity index (χ1v) is 8.15. The summed E-state index contributed by atoms with van der Waals surface area (Å²) in [6.07, 6.45) is 0.427. The highest BCUT2D eigenvalue weighted by Gasteiger charge is 2.33. The Balaban J connectivity index is 1.84. The highest BCUT2D eigenvalue weighted by molar-refractivity contribution is 5.79. The van der Waals surface area contributed by atoms with Crippen LogP contribution in [0, 0.1) is 24.5 Å². The van der Waals surface area contributed by atoms with Crippen molar-refractivity contribution >= 4 is 5.91 Å². The molecule has 0 radical (unpaired) electrons. The van der Waals surface area contributed by atoms with Crippen molar-refractivity contribution in [2.45, 2.75) is 33.1 Å². The summed E-state index contributed by atoms with van der Waals surface area (Å²) in [5.41, 5.74) is 1.90. The van der Waals surface area contributed by atoms with Gasteiger partial charge in [-0.05, 0) is 31.0 Å². The second kappa shape index (κ2) is 6.34. The van der Waals surface area contributed by atoms with Gasteiger partial charge in [0.25, 0.3) is 0 Å². The van der Waals surface area contributed by atoms with Crippen LogP contribution in [0.15, 0.2) is 18.2 Å². The third kappa shape index (κ3) is 3.18. The van der Waals surface area contributed by atoms with Gasteiger partial charge in [-0.15, -0.1) is 0 Å². The van der Waals surface area contributed by atoms with Crippen LogP contribution in [0.3, 0.4) is 0 Å². The van der Waals surface area contributed by atoms with E-state index in [0.717, 1.165) is 30.2 Å². The first-order chi connectivity index (χ1) is 11.3. The van der Waals surface area contributed by atoms with Gasteiger partial charge >= 0.3 is 0 Å². The Kier molecular flexibility index (Phi) is 4.39. The van der Waals surface area contributed by atoms with Crippen LogP contribution in [-0.4, -0.2) is 33.9 Å². The molecular formula is C18H21F2N3O. The first kappa shape index (κ1) is 16.6. The molecule has 3 rings (SSSR count). The number of aromatic amines is 1. The van der Waals surface area contributed by atoms with Gasteiger partial charge in [0.1, 0.15) is 5.82 Å². The zero-order valence-corrected chi connectivity index (χ0v) is 14.1. The normalized spacial score (nSPS) is 18.0. The number of hydrogen-bond donors (Lipinski definition) is 1. The van der Waals surface area contributed by atoms with Gasteiger partial charge in [-0.3, -0.25) is 4.79 Å². The molecule has 1 fully saturated rings. The van der Waals surface area contributed by atoms with Crippen LogP contribution in [0.5, 0.6) is 0 Å². The number of rotatable bonds is 4. The highest BCUT2D eigenvalue weighted by Crippen LogP contribution is 2.30. The van der Waals surface area contributed by atoms with E-state index in [1.807, 2.05) is 11.8 Å². The summed E-state index contributed by atoms with van der Waals surface area (Å²) < 4.78 is 26.6. The lowest BCUT2D eigenvalue weighted by Crippen LogP contribution is -2.29. The van der Waals surface area contributed by atoms with Gasteiger partial charge in [0, 0.05) is 36.7 Å². The fraction of sp³-hybridized carbons (Fsp3) is 0.444. The number of hydrogen-bond acceptors (Lipinski definition) is 2. The van der Waals surface area contributed by atoms with E-state index in [1.54, 1.807) is 0 Å². The minimum Gasteiger partial charge on any atom is -0.345 e. The molecule has 1 N–H and O–H groups in total. The Labute approximate surface area is 139 Å². The lowest BCUT2D eigenvalue weighted by Gasteiger charge is -2.18. The van der Waals surface area contributed by atoms with Crippen molar-refractivity contribution < 1.29 is 13.6 Å². The number of aryl methyl sites for hydroxylation is 1. The molecule has 4 nitrogen and oxygen atoms in total. The number of nitrogens with zero attached hydrogens (tertiary/aromatic N) is 2. The van der Waals surface area contributed by atoms with E-state index in [0.29, 0.717) is 30.1 Å². The molecule has 2 heterocycles. The Bertz CT molecular complexity index is 770. The van der Waals surface area contributed by atoms with Gasteiger partial charge in [0.2, 0.25) is 5.91 Å². The summed E-state index contributed by atoms with van der Waals surface area (Å²) in [4.78, 5) is 21.8. The number of carbonyl (C=O) groups excluding carboxylic acids is 1. The molecule has 0 saturated carbocycles. The summed E-state index contributed by atoms with van der Waals surface area (Å²) in [5, 5.41) is 0. The molecule has 1 unspecified atom stereocenters. The molecule has 1 aromatic carbocycles. The molecule has 0 aliphatic carbocycles. The Morgan fingerprint density at radius 1 is 1.33 bits per heavy atom. The molecule has 1 aliphatic heterocycles. The zero-order chi connectivity index (χ0) is 17.4. The number of aromatic nitrogens is 2. The number of halogens is 2. The predicted octanol–water partition coefficient (Wildman–Crippen LogP) is 3.64. The van der Waals surface area contributed by atoms with Gasteiger partial charge in [0.05, 0.1) is 5.69 Å². The average Bonchev–Trinajstić information content (AvgIpc) is 3.05. The molecule has 24 heavy (non-hydrogen) atoms. The van der Waals surface area contributed by atoms with E-state index in [2.05, 4.69) is 23.8 Å². The van der Waals surface area contributed by atoms with Crippen LogP contribution in [0.25, 0.3) is 11.3 Å². The minimum absolute atomic E-state index is 0.00833. The van der Waals surface area contributed by atoms with Crippen molar-refractivity contribution in [3.05, 3.63) is 41.4 Å². The second-order valence-corrected chi connectivity index (χ2v) is 6.82. The summed E-state index contributed by atoms with van der Waals surface area (Å²) in [5.74, 6) is -0.477. The van der Waals surface area contributed by atoms with E-state index < -0.39 is 11.6 Å². The fourth-order valence-corrected chi connectivity index (χ4v) is 3.17.